The number of H-pyrrole nitrogens is 1. The zero-order valence-electron chi connectivity index (χ0n) is 16.6. The first kappa shape index (κ1) is 19.8. The number of fused-ring (bicyclic) bond motifs is 1. The Labute approximate surface area is 173 Å². The molecule has 1 saturated heterocycles. The molecular formula is C22H23N3O5. The number of nitrogens with zero attached hydrogens (tertiary/aromatic N) is 1. The predicted molar refractivity (Wildman–Crippen MR) is 112 cm³/mol. The molecule has 0 radical (unpaired) electrons. The van der Waals surface area contributed by atoms with Gasteiger partial charge in [0.25, 0.3) is 11.8 Å². The number of methoxy groups -OCH3 is 1. The number of anilines is 1. The van der Waals surface area contributed by atoms with Crippen molar-refractivity contribution in [2.45, 2.75) is 0 Å². The molecule has 1 aliphatic heterocycles. The Morgan fingerprint density at radius 3 is 2.53 bits per heavy atom. The molecule has 0 spiro atoms. The normalized spacial score (nSPS) is 13.8. The van der Waals surface area contributed by atoms with Crippen LogP contribution in [0.3, 0.4) is 0 Å². The molecular weight excluding hydrogens is 386 g/mol. The van der Waals surface area contributed by atoms with Gasteiger partial charge in [0.15, 0.2) is 6.61 Å². The zero-order chi connectivity index (χ0) is 20.9. The number of aromatic nitrogens is 1. The van der Waals surface area contributed by atoms with Gasteiger partial charge in [-0.1, -0.05) is 0 Å². The van der Waals surface area contributed by atoms with Crippen LogP contribution in [0.2, 0.25) is 0 Å². The first-order chi connectivity index (χ1) is 14.6. The van der Waals surface area contributed by atoms with Crippen molar-refractivity contribution in [2.75, 3.05) is 45.3 Å². The molecule has 2 heterocycles. The second kappa shape index (κ2) is 8.87. The fourth-order valence-electron chi connectivity index (χ4n) is 3.24. The number of aromatic amines is 1. The van der Waals surface area contributed by atoms with Gasteiger partial charge < -0.3 is 29.4 Å². The summed E-state index contributed by atoms with van der Waals surface area (Å²) in [6, 6.07) is 14.3. The van der Waals surface area contributed by atoms with Crippen molar-refractivity contribution < 1.29 is 23.8 Å². The third kappa shape index (κ3) is 4.55. The molecule has 8 heteroatoms. The largest absolute Gasteiger partial charge is 0.497 e. The Morgan fingerprint density at radius 2 is 1.80 bits per heavy atom. The summed E-state index contributed by atoms with van der Waals surface area (Å²) in [7, 11) is 1.60. The highest BCUT2D eigenvalue weighted by Crippen LogP contribution is 2.22. The van der Waals surface area contributed by atoms with Gasteiger partial charge in [0, 0.05) is 29.7 Å². The molecule has 1 fully saturated rings. The topological polar surface area (TPSA) is 92.9 Å². The summed E-state index contributed by atoms with van der Waals surface area (Å²) in [5.41, 5.74) is 1.94. The number of rotatable bonds is 6. The minimum Gasteiger partial charge on any atom is -0.497 e. The maximum absolute atomic E-state index is 12.5. The van der Waals surface area contributed by atoms with Crippen molar-refractivity contribution in [1.29, 1.82) is 0 Å². The molecule has 0 saturated carbocycles. The Morgan fingerprint density at radius 1 is 1.07 bits per heavy atom. The highest BCUT2D eigenvalue weighted by atomic mass is 16.5. The molecule has 0 bridgehead atoms. The maximum atomic E-state index is 12.5. The first-order valence-corrected chi connectivity index (χ1v) is 9.69. The Bertz CT molecular complexity index is 1040. The van der Waals surface area contributed by atoms with E-state index in [9.17, 15) is 9.59 Å². The second-order valence-corrected chi connectivity index (χ2v) is 6.90. The molecule has 2 N–H and O–H groups in total. The van der Waals surface area contributed by atoms with E-state index >= 15 is 0 Å². The lowest BCUT2D eigenvalue weighted by molar-refractivity contribution is -0.137. The molecule has 0 unspecified atom stereocenters. The van der Waals surface area contributed by atoms with E-state index in [1.54, 1.807) is 42.3 Å². The van der Waals surface area contributed by atoms with Gasteiger partial charge in [-0.05, 0) is 48.5 Å². The molecule has 1 aromatic heterocycles. The Hall–Kier alpha value is -3.52. The van der Waals surface area contributed by atoms with Gasteiger partial charge in [0.2, 0.25) is 0 Å². The lowest BCUT2D eigenvalue weighted by Gasteiger charge is -2.26. The molecule has 2 amide bonds. The van der Waals surface area contributed by atoms with Crippen molar-refractivity contribution in [3.05, 3.63) is 54.2 Å². The number of benzene rings is 2. The number of ether oxygens (including phenoxy) is 3. The van der Waals surface area contributed by atoms with Crippen molar-refractivity contribution in [3.63, 3.8) is 0 Å². The highest BCUT2D eigenvalue weighted by Gasteiger charge is 2.17. The van der Waals surface area contributed by atoms with Crippen molar-refractivity contribution in [3.8, 4) is 11.5 Å². The van der Waals surface area contributed by atoms with Gasteiger partial charge in [-0.25, -0.2) is 0 Å². The summed E-state index contributed by atoms with van der Waals surface area (Å²) < 4.78 is 16.0. The van der Waals surface area contributed by atoms with Crippen molar-refractivity contribution in [2.24, 2.45) is 0 Å². The third-order valence-electron chi connectivity index (χ3n) is 4.91. The molecule has 30 heavy (non-hydrogen) atoms. The van der Waals surface area contributed by atoms with Crippen LogP contribution in [-0.4, -0.2) is 61.7 Å². The van der Waals surface area contributed by atoms with Gasteiger partial charge in [-0.15, -0.1) is 0 Å². The number of hydrogen-bond donors (Lipinski definition) is 2. The molecule has 4 rings (SSSR count). The van der Waals surface area contributed by atoms with Gasteiger partial charge in [0.05, 0.1) is 20.3 Å². The lowest BCUT2D eigenvalue weighted by atomic mass is 10.2. The van der Waals surface area contributed by atoms with Crippen LogP contribution in [0, 0.1) is 0 Å². The Kier molecular flexibility index (Phi) is 5.85. The van der Waals surface area contributed by atoms with Crippen molar-refractivity contribution in [1.82, 2.24) is 9.88 Å². The summed E-state index contributed by atoms with van der Waals surface area (Å²) in [5.74, 6) is 0.982. The van der Waals surface area contributed by atoms with Crippen LogP contribution in [0.5, 0.6) is 11.5 Å². The molecule has 2 aromatic carbocycles. The predicted octanol–water partition coefficient (Wildman–Crippen LogP) is 2.67. The van der Waals surface area contributed by atoms with E-state index in [0.29, 0.717) is 43.4 Å². The average Bonchev–Trinajstić information content (AvgIpc) is 3.22. The average molecular weight is 409 g/mol. The van der Waals surface area contributed by atoms with E-state index < -0.39 is 0 Å². The molecule has 156 valence electrons. The number of morpholine rings is 1. The molecule has 0 aliphatic carbocycles. The summed E-state index contributed by atoms with van der Waals surface area (Å²) in [5, 5.41) is 3.74. The van der Waals surface area contributed by atoms with E-state index in [-0.39, 0.29) is 18.4 Å². The lowest BCUT2D eigenvalue weighted by Crippen LogP contribution is -2.42. The minimum atomic E-state index is -0.249. The Balaban J connectivity index is 1.33. The van der Waals surface area contributed by atoms with Crippen LogP contribution in [0.15, 0.2) is 48.5 Å². The summed E-state index contributed by atoms with van der Waals surface area (Å²) in [4.78, 5) is 29.5. The van der Waals surface area contributed by atoms with Crippen LogP contribution in [0.25, 0.3) is 10.9 Å². The fourth-order valence-corrected chi connectivity index (χ4v) is 3.24. The van der Waals surface area contributed by atoms with Crippen LogP contribution in [0.4, 0.5) is 5.69 Å². The van der Waals surface area contributed by atoms with E-state index in [1.807, 2.05) is 18.2 Å². The molecule has 8 nitrogen and oxygen atoms in total. The van der Waals surface area contributed by atoms with Gasteiger partial charge in [-0.3, -0.25) is 9.59 Å². The summed E-state index contributed by atoms with van der Waals surface area (Å²) in [6.07, 6.45) is 0. The first-order valence-electron chi connectivity index (χ1n) is 9.69. The second-order valence-electron chi connectivity index (χ2n) is 6.90. The SMILES string of the molecule is COc1ccc2[nH]c(C(=O)Nc3ccc(OCC(=O)N4CCOCC4)cc3)cc2c1. The van der Waals surface area contributed by atoms with Crippen LogP contribution >= 0.6 is 0 Å². The van der Waals surface area contributed by atoms with Crippen molar-refractivity contribution >= 4 is 28.4 Å². The number of amides is 2. The van der Waals surface area contributed by atoms with E-state index in [1.165, 1.54) is 0 Å². The van der Waals surface area contributed by atoms with E-state index in [4.69, 9.17) is 14.2 Å². The third-order valence-corrected chi connectivity index (χ3v) is 4.91. The van der Waals surface area contributed by atoms with E-state index in [2.05, 4.69) is 10.3 Å². The highest BCUT2D eigenvalue weighted by molar-refractivity contribution is 6.06. The zero-order valence-corrected chi connectivity index (χ0v) is 16.6. The van der Waals surface area contributed by atoms with Crippen LogP contribution in [0.1, 0.15) is 10.5 Å². The monoisotopic (exact) mass is 409 g/mol. The van der Waals surface area contributed by atoms with Gasteiger partial charge in [-0.2, -0.15) is 0 Å². The fraction of sp³-hybridized carbons (Fsp3) is 0.273. The van der Waals surface area contributed by atoms with E-state index in [0.717, 1.165) is 16.7 Å². The number of carbonyl (C=O) groups is 2. The number of carbonyl (C=O) groups excluding carboxylic acids is 2. The summed E-state index contributed by atoms with van der Waals surface area (Å²) in [6.45, 7) is 2.28. The number of hydrogen-bond acceptors (Lipinski definition) is 5. The smallest absolute Gasteiger partial charge is 0.272 e. The maximum Gasteiger partial charge on any atom is 0.272 e. The van der Waals surface area contributed by atoms with Crippen LogP contribution in [-0.2, 0) is 9.53 Å². The quantitative estimate of drug-likeness (QED) is 0.653. The standard InChI is InChI=1S/C22H23N3O5/c1-28-18-6-7-19-15(12-18)13-20(24-19)22(27)23-16-2-4-17(5-3-16)30-14-21(26)25-8-10-29-11-9-25/h2-7,12-13,24H,8-11,14H2,1H3,(H,23,27). The molecule has 0 atom stereocenters. The number of nitrogens with one attached hydrogen (secondary N) is 2. The van der Waals surface area contributed by atoms with Gasteiger partial charge in [0.1, 0.15) is 17.2 Å². The van der Waals surface area contributed by atoms with Crippen LogP contribution < -0.4 is 14.8 Å². The minimum absolute atomic E-state index is 0.0236. The molecule has 1 aliphatic rings. The summed E-state index contributed by atoms with van der Waals surface area (Å²) >= 11 is 0. The van der Waals surface area contributed by atoms with Gasteiger partial charge >= 0.3 is 0 Å². The molecule has 3 aromatic rings.